The molecule has 0 aliphatic carbocycles. The van der Waals surface area contributed by atoms with Crippen LogP contribution < -0.4 is 0 Å². The lowest BCUT2D eigenvalue weighted by Gasteiger charge is -2.20. The van der Waals surface area contributed by atoms with Crippen LogP contribution in [0.1, 0.15) is 0 Å². The minimum absolute atomic E-state index is 1.12. The second-order valence-electron chi connectivity index (χ2n) is 31.7. The van der Waals surface area contributed by atoms with E-state index in [2.05, 4.69) is 303 Å². The minimum Gasteiger partial charge on any atom is -0.471 e. The summed E-state index contributed by atoms with van der Waals surface area (Å²) < 4.78 is 17.8. The molecule has 0 saturated carbocycles. The van der Waals surface area contributed by atoms with E-state index in [1.807, 2.05) is 71.6 Å². The standard InChI is InChI=1S/C36H21N3.C36H18O3.C36H18S3/c3*1-4-10-22-19(7-1)25-13-37-16-28(25)34-31(22)35-29-17-38-14-26(29)21-9-3-6-12-24(21)33(35)36-30-18-39-15-27(30)20-8-2-5-11-23(20)32(34)36/h1-18,37-39H;2*1-18H. The number of hydrogen-bond donors (Lipinski definition) is 3. The van der Waals surface area contributed by atoms with Crippen LogP contribution >= 0.6 is 34.0 Å². The maximum Gasteiger partial charge on any atom is 0.0988 e. The smallest absolute Gasteiger partial charge is 0.0988 e. The molecule has 30 rings (SSSR count). The molecule has 0 amide bonds. The summed E-state index contributed by atoms with van der Waals surface area (Å²) in [7, 11) is 0. The number of hydrogen-bond acceptors (Lipinski definition) is 6. The maximum atomic E-state index is 5.93. The van der Waals surface area contributed by atoms with Crippen LogP contribution in [0.3, 0.4) is 0 Å². The largest absolute Gasteiger partial charge is 0.471 e. The van der Waals surface area contributed by atoms with Crippen LogP contribution in [0.2, 0.25) is 0 Å². The van der Waals surface area contributed by atoms with Crippen molar-refractivity contribution in [3.8, 4) is 0 Å². The number of fused-ring (bicyclic) bond motifs is 63. The third-order valence-electron chi connectivity index (χ3n) is 26.5. The van der Waals surface area contributed by atoms with Crippen LogP contribution in [0.15, 0.2) is 339 Å². The first-order valence-corrected chi connectivity index (χ1v) is 42.5. The molecule has 117 heavy (non-hydrogen) atoms. The number of thiophene rings is 3. The highest BCUT2D eigenvalue weighted by Crippen LogP contribution is 2.58. The fourth-order valence-electron chi connectivity index (χ4n) is 22.1. The minimum atomic E-state index is 1.12. The predicted molar refractivity (Wildman–Crippen MR) is 505 cm³/mol. The summed E-state index contributed by atoms with van der Waals surface area (Å²) in [4.78, 5) is 10.4. The predicted octanol–water partition coefficient (Wildman–Crippen LogP) is 33.1. The highest BCUT2D eigenvalue weighted by atomic mass is 32.1. The average molecular weight is 1540 g/mol. The molecule has 0 aliphatic rings. The molecule has 21 aromatic carbocycles. The van der Waals surface area contributed by atoms with Crippen LogP contribution in [-0.4, -0.2) is 15.0 Å². The van der Waals surface area contributed by atoms with Gasteiger partial charge in [0.2, 0.25) is 0 Å². The summed E-state index contributed by atoms with van der Waals surface area (Å²) in [5, 5.41) is 83.4. The number of aromatic nitrogens is 3. The summed E-state index contributed by atoms with van der Waals surface area (Å²) in [6.45, 7) is 0. The summed E-state index contributed by atoms with van der Waals surface area (Å²) >= 11 is 5.46. The molecular formula is C108H57N3O3S3. The SMILES string of the molecule is c1ccc2c(c1)c1c[nH]cc1c1c2c2c3c[nH]cc3c3ccccc3c2c2c3c[nH]cc3c3ccccc3c12.c1ccc2c(c1)c1cocc1c1c2c2c3cocc3c3ccccc3c2c2c3cocc3c3ccccc3c12.c1ccc2c(c1)c1cscc1c1c2c2c3cscc3c3ccccc3c2c2c3cscc3c3ccccc3c12. The lowest BCUT2D eigenvalue weighted by Crippen LogP contribution is -1.91. The Labute approximate surface area is 673 Å². The topological polar surface area (TPSA) is 86.8 Å². The molecule has 540 valence electrons. The van der Waals surface area contributed by atoms with Gasteiger partial charge in [-0.05, 0) is 178 Å². The number of aromatic amines is 3. The molecule has 0 bridgehead atoms. The zero-order valence-electron chi connectivity index (χ0n) is 62.1. The number of benzene rings is 21. The van der Waals surface area contributed by atoms with Gasteiger partial charge in [-0.25, -0.2) is 0 Å². The van der Waals surface area contributed by atoms with Gasteiger partial charge < -0.3 is 28.2 Å². The van der Waals surface area contributed by atoms with Crippen molar-refractivity contribution in [2.75, 3.05) is 0 Å². The highest BCUT2D eigenvalue weighted by molar-refractivity contribution is 7.10. The first-order valence-electron chi connectivity index (χ1n) is 39.7. The molecule has 0 fully saturated rings. The van der Waals surface area contributed by atoms with E-state index < -0.39 is 0 Å². The molecular weight excluding hydrogens is 1480 g/mol. The molecule has 0 atom stereocenters. The van der Waals surface area contributed by atoms with Gasteiger partial charge in [-0.1, -0.05) is 218 Å². The van der Waals surface area contributed by atoms with Gasteiger partial charge >= 0.3 is 0 Å². The molecule has 9 heteroatoms. The Morgan fingerprint density at radius 1 is 0.128 bits per heavy atom. The van der Waals surface area contributed by atoms with Crippen molar-refractivity contribution < 1.29 is 13.3 Å². The van der Waals surface area contributed by atoms with E-state index >= 15 is 0 Å². The van der Waals surface area contributed by atoms with E-state index in [4.69, 9.17) is 13.3 Å². The maximum absolute atomic E-state index is 5.93. The van der Waals surface area contributed by atoms with Crippen molar-refractivity contribution in [1.82, 2.24) is 15.0 Å². The number of furan rings is 3. The third kappa shape index (κ3) is 7.98. The van der Waals surface area contributed by atoms with Gasteiger partial charge in [0, 0.05) is 183 Å². The molecule has 3 N–H and O–H groups in total. The quantitative estimate of drug-likeness (QED) is 0.132. The fourth-order valence-corrected chi connectivity index (χ4v) is 24.6. The lowest BCUT2D eigenvalue weighted by molar-refractivity contribution is 0.572. The van der Waals surface area contributed by atoms with Gasteiger partial charge in [0.05, 0.1) is 37.6 Å². The molecule has 9 aromatic heterocycles. The fraction of sp³-hybridized carbons (Fsp3) is 0. The highest BCUT2D eigenvalue weighted by Gasteiger charge is 2.30. The Morgan fingerprint density at radius 2 is 0.274 bits per heavy atom. The molecule has 6 nitrogen and oxygen atoms in total. The van der Waals surface area contributed by atoms with E-state index in [0.29, 0.717) is 0 Å². The second kappa shape index (κ2) is 23.1. The van der Waals surface area contributed by atoms with Crippen molar-refractivity contribution in [1.29, 1.82) is 0 Å². The Kier molecular flexibility index (Phi) is 12.4. The molecule has 9 heterocycles. The van der Waals surface area contributed by atoms with Crippen molar-refractivity contribution in [2.45, 2.75) is 0 Å². The van der Waals surface area contributed by atoms with Gasteiger partial charge in [0.1, 0.15) is 0 Å². The number of nitrogens with one attached hydrogen (secondary N) is 3. The van der Waals surface area contributed by atoms with Crippen LogP contribution in [0, 0.1) is 0 Å². The molecule has 0 aliphatic heterocycles. The number of rotatable bonds is 0. The van der Waals surface area contributed by atoms with Crippen LogP contribution in [-0.2, 0) is 0 Å². The van der Waals surface area contributed by atoms with E-state index in [1.165, 1.54) is 259 Å². The monoisotopic (exact) mass is 1540 g/mol. The third-order valence-corrected chi connectivity index (χ3v) is 28.7. The Bertz CT molecular complexity index is 7910. The van der Waals surface area contributed by atoms with Crippen LogP contribution in [0.5, 0.6) is 0 Å². The Morgan fingerprint density at radius 3 is 0.496 bits per heavy atom. The first kappa shape index (κ1) is 62.9. The summed E-state index contributed by atoms with van der Waals surface area (Å²) in [6, 6.07) is 80.0. The van der Waals surface area contributed by atoms with E-state index in [-0.39, 0.29) is 0 Å². The lowest BCUT2D eigenvalue weighted by atomic mass is 9.82. The first-order chi connectivity index (χ1) is 58.2. The van der Waals surface area contributed by atoms with Gasteiger partial charge in [-0.2, -0.15) is 34.0 Å². The zero-order valence-corrected chi connectivity index (χ0v) is 64.6. The Balaban J connectivity index is 0.0000000917. The van der Waals surface area contributed by atoms with E-state index in [1.54, 1.807) is 0 Å². The molecule has 0 radical (unpaired) electrons. The van der Waals surface area contributed by atoms with Gasteiger partial charge in [-0.3, -0.25) is 0 Å². The van der Waals surface area contributed by atoms with Crippen molar-refractivity contribution in [3.05, 3.63) is 325 Å². The second-order valence-corrected chi connectivity index (χ2v) is 33.9. The summed E-state index contributed by atoms with van der Waals surface area (Å²) in [5.41, 5.74) is 0. The molecule has 0 unspecified atom stereocenters. The normalized spacial score (nSPS) is 12.6. The molecule has 30 aromatic rings. The zero-order chi connectivity index (χ0) is 75.7. The Hall–Kier alpha value is -14.6. The average Bonchev–Trinajstić information content (AvgIpc) is 1.48. The summed E-state index contributed by atoms with van der Waals surface area (Å²) in [6.07, 6.45) is 24.5. The summed E-state index contributed by atoms with van der Waals surface area (Å²) in [5.74, 6) is 0. The van der Waals surface area contributed by atoms with Crippen molar-refractivity contribution >= 4 is 325 Å². The van der Waals surface area contributed by atoms with Crippen LogP contribution in [0.25, 0.3) is 291 Å². The van der Waals surface area contributed by atoms with Crippen molar-refractivity contribution in [3.63, 3.8) is 0 Å². The van der Waals surface area contributed by atoms with E-state index in [9.17, 15) is 0 Å². The van der Waals surface area contributed by atoms with Crippen LogP contribution in [0.4, 0.5) is 0 Å². The van der Waals surface area contributed by atoms with Gasteiger partial charge in [0.15, 0.2) is 0 Å². The number of H-pyrrole nitrogens is 3. The van der Waals surface area contributed by atoms with Gasteiger partial charge in [0.25, 0.3) is 0 Å². The van der Waals surface area contributed by atoms with Gasteiger partial charge in [-0.15, -0.1) is 0 Å². The van der Waals surface area contributed by atoms with E-state index in [0.717, 1.165) is 32.3 Å². The molecule has 0 spiro atoms. The van der Waals surface area contributed by atoms with Crippen molar-refractivity contribution in [2.24, 2.45) is 0 Å². The molecule has 0 saturated heterocycles.